The van der Waals surface area contributed by atoms with Gasteiger partial charge in [0.25, 0.3) is 0 Å². The first-order chi connectivity index (χ1) is 3.91. The number of hydrogen-bond donors (Lipinski definition) is 0. The Hall–Kier alpha value is 2.16. The number of alkyl halides is 2. The number of halogens is 2. The lowest BCUT2D eigenvalue weighted by Gasteiger charge is -1.92. The predicted octanol–water partition coefficient (Wildman–Crippen LogP) is 3.24. The molecule has 0 aromatic rings. The van der Waals surface area contributed by atoms with Crippen molar-refractivity contribution in [2.45, 2.75) is 0 Å². The summed E-state index contributed by atoms with van der Waals surface area (Å²) in [6.07, 6.45) is 0. The molecule has 0 unspecified atom stereocenters. The van der Waals surface area contributed by atoms with E-state index in [1.54, 1.807) is 0 Å². The van der Waals surface area contributed by atoms with Crippen molar-refractivity contribution < 1.29 is 0 Å². The molecular weight excluding hydrogens is 366 g/mol. The fraction of sp³-hybridized carbons (Fsp3) is 1.00. The minimum Gasteiger partial charge on any atom is -0.0933 e. The third-order valence-electron chi connectivity index (χ3n) is 0.404. The maximum atomic E-state index is 2.40. The van der Waals surface area contributed by atoms with E-state index in [1.165, 1.54) is 20.4 Å². The summed E-state index contributed by atoms with van der Waals surface area (Å²) in [6, 6.07) is 0. The molecular formula is C4H8I2S2. The van der Waals surface area contributed by atoms with Crippen molar-refractivity contribution >= 4 is 66.8 Å². The maximum absolute atomic E-state index is 2.40. The quantitative estimate of drug-likeness (QED) is 0.314. The van der Waals surface area contributed by atoms with Gasteiger partial charge in [-0.05, 0) is 0 Å². The Balaban J connectivity index is 2.53. The van der Waals surface area contributed by atoms with E-state index in [-0.39, 0.29) is 0 Å². The zero-order valence-electron chi connectivity index (χ0n) is 4.40. The highest BCUT2D eigenvalue weighted by atomic mass is 127. The summed E-state index contributed by atoms with van der Waals surface area (Å²) in [5.74, 6) is 2.59. The fourth-order valence-electron chi connectivity index (χ4n) is 0.181. The minimum atomic E-state index is 1.27. The molecule has 0 bridgehead atoms. The summed E-state index contributed by atoms with van der Waals surface area (Å²) in [7, 11) is 3.96. The van der Waals surface area contributed by atoms with E-state index in [2.05, 4.69) is 45.2 Å². The second-order valence-corrected chi connectivity index (χ2v) is 5.88. The molecule has 0 aliphatic carbocycles. The maximum Gasteiger partial charge on any atom is 0.0127 e. The van der Waals surface area contributed by atoms with Crippen molar-refractivity contribution in [2.24, 2.45) is 0 Å². The molecule has 0 aliphatic rings. The van der Waals surface area contributed by atoms with Gasteiger partial charge in [0.05, 0.1) is 0 Å². The number of hydrogen-bond acceptors (Lipinski definition) is 2. The Morgan fingerprint density at radius 3 is 1.50 bits per heavy atom. The summed E-state index contributed by atoms with van der Waals surface area (Å²) in [4.78, 5) is 0. The van der Waals surface area contributed by atoms with Crippen LogP contribution >= 0.6 is 66.8 Å². The van der Waals surface area contributed by atoms with Crippen LogP contribution in [0, 0.1) is 0 Å². The zero-order valence-corrected chi connectivity index (χ0v) is 10.3. The van der Waals surface area contributed by atoms with Crippen LogP contribution in [0.2, 0.25) is 0 Å². The molecule has 0 aliphatic heterocycles. The molecule has 0 aromatic carbocycles. The topological polar surface area (TPSA) is 0 Å². The third-order valence-corrected chi connectivity index (χ3v) is 5.36. The van der Waals surface area contributed by atoms with Crippen LogP contribution in [-0.2, 0) is 0 Å². The molecule has 0 N–H and O–H groups in total. The van der Waals surface area contributed by atoms with E-state index in [0.29, 0.717) is 0 Å². The molecule has 0 saturated carbocycles. The standard InChI is InChI=1S/C4H8I2S2/c5-1-3-7-8-4-2-6/h1-4H2. The van der Waals surface area contributed by atoms with Crippen molar-refractivity contribution in [3.63, 3.8) is 0 Å². The van der Waals surface area contributed by atoms with Crippen LogP contribution in [0.15, 0.2) is 0 Å². The highest BCUT2D eigenvalue weighted by Crippen LogP contribution is 2.21. The van der Waals surface area contributed by atoms with Crippen molar-refractivity contribution in [1.29, 1.82) is 0 Å². The minimum absolute atomic E-state index is 1.27. The molecule has 50 valence electrons. The molecule has 0 spiro atoms. The van der Waals surface area contributed by atoms with Gasteiger partial charge in [0.15, 0.2) is 0 Å². The predicted molar refractivity (Wildman–Crippen MR) is 62.7 cm³/mol. The van der Waals surface area contributed by atoms with Gasteiger partial charge in [-0.15, -0.1) is 0 Å². The lowest BCUT2D eigenvalue weighted by atomic mass is 11.0. The first kappa shape index (κ1) is 10.2. The Morgan fingerprint density at radius 1 is 0.875 bits per heavy atom. The summed E-state index contributed by atoms with van der Waals surface area (Å²) in [6.45, 7) is 0. The van der Waals surface area contributed by atoms with Crippen LogP contribution < -0.4 is 0 Å². The van der Waals surface area contributed by atoms with Gasteiger partial charge in [0.1, 0.15) is 0 Å². The van der Waals surface area contributed by atoms with E-state index in [9.17, 15) is 0 Å². The van der Waals surface area contributed by atoms with Crippen LogP contribution in [0.25, 0.3) is 0 Å². The average molecular weight is 374 g/mol. The van der Waals surface area contributed by atoms with Crippen LogP contribution in [0.1, 0.15) is 0 Å². The molecule has 0 amide bonds. The summed E-state index contributed by atoms with van der Waals surface area (Å²) in [5, 5.41) is 0. The van der Waals surface area contributed by atoms with E-state index < -0.39 is 0 Å². The first-order valence-electron chi connectivity index (χ1n) is 2.28. The second-order valence-electron chi connectivity index (χ2n) is 1.02. The van der Waals surface area contributed by atoms with Crippen LogP contribution in [0.4, 0.5) is 0 Å². The lowest BCUT2D eigenvalue weighted by molar-refractivity contribution is 1.61. The molecule has 0 fully saturated rings. The van der Waals surface area contributed by atoms with Gasteiger partial charge in [-0.2, -0.15) is 0 Å². The Morgan fingerprint density at radius 2 is 1.25 bits per heavy atom. The van der Waals surface area contributed by atoms with Gasteiger partial charge in [-0.3, -0.25) is 0 Å². The Bertz CT molecular complexity index is 37.0. The van der Waals surface area contributed by atoms with Crippen molar-refractivity contribution in [3.05, 3.63) is 0 Å². The van der Waals surface area contributed by atoms with E-state index in [4.69, 9.17) is 0 Å². The Labute approximate surface area is 86.0 Å². The molecule has 0 heterocycles. The molecule has 0 radical (unpaired) electrons. The molecule has 0 rings (SSSR count). The number of rotatable bonds is 5. The molecule has 0 saturated heterocycles. The molecule has 0 nitrogen and oxygen atoms in total. The lowest BCUT2D eigenvalue weighted by Crippen LogP contribution is -1.76. The van der Waals surface area contributed by atoms with Crippen LogP contribution in [-0.4, -0.2) is 20.4 Å². The summed E-state index contributed by atoms with van der Waals surface area (Å²) in [5.41, 5.74) is 0. The zero-order chi connectivity index (χ0) is 6.24. The third kappa shape index (κ3) is 8.16. The summed E-state index contributed by atoms with van der Waals surface area (Å²) >= 11 is 4.81. The van der Waals surface area contributed by atoms with Gasteiger partial charge in [-0.25, -0.2) is 0 Å². The van der Waals surface area contributed by atoms with Gasteiger partial charge in [0, 0.05) is 20.4 Å². The second kappa shape index (κ2) is 9.16. The van der Waals surface area contributed by atoms with Crippen molar-refractivity contribution in [1.82, 2.24) is 0 Å². The largest absolute Gasteiger partial charge is 0.0933 e. The normalized spacial score (nSPS) is 9.75. The monoisotopic (exact) mass is 374 g/mol. The summed E-state index contributed by atoms with van der Waals surface area (Å²) < 4.78 is 2.55. The van der Waals surface area contributed by atoms with Gasteiger partial charge < -0.3 is 0 Å². The van der Waals surface area contributed by atoms with Crippen LogP contribution in [0.3, 0.4) is 0 Å². The SMILES string of the molecule is ICCSSCCI. The molecule has 8 heavy (non-hydrogen) atoms. The van der Waals surface area contributed by atoms with Crippen molar-refractivity contribution in [2.75, 3.05) is 20.4 Å². The highest BCUT2D eigenvalue weighted by Gasteiger charge is 1.85. The van der Waals surface area contributed by atoms with Gasteiger partial charge in [-0.1, -0.05) is 66.8 Å². The molecule has 0 aromatic heterocycles. The van der Waals surface area contributed by atoms with Gasteiger partial charge in [0.2, 0.25) is 0 Å². The Kier molecular flexibility index (Phi) is 11.6. The highest BCUT2D eigenvalue weighted by molar-refractivity contribution is 14.1. The average Bonchev–Trinajstić information content (AvgIpc) is 1.81. The van der Waals surface area contributed by atoms with Gasteiger partial charge >= 0.3 is 0 Å². The first-order valence-corrected chi connectivity index (χ1v) is 7.82. The fourth-order valence-corrected chi connectivity index (χ4v) is 4.86. The van der Waals surface area contributed by atoms with E-state index in [1.807, 2.05) is 21.6 Å². The molecule has 4 heteroatoms. The van der Waals surface area contributed by atoms with Crippen molar-refractivity contribution in [3.8, 4) is 0 Å². The smallest absolute Gasteiger partial charge is 0.0127 e. The van der Waals surface area contributed by atoms with E-state index in [0.717, 1.165) is 0 Å². The molecule has 0 atom stereocenters. The van der Waals surface area contributed by atoms with E-state index >= 15 is 0 Å². The van der Waals surface area contributed by atoms with Crippen LogP contribution in [0.5, 0.6) is 0 Å².